The normalized spacial score (nSPS) is 36.4. The molecular weight excluding hydrogens is 238 g/mol. The fraction of sp³-hybridized carbons (Fsp3) is 0.625. The smallest absolute Gasteiger partial charge is 0.0987 e. The number of ether oxygens (including phenoxy) is 1. The molecule has 1 aromatic carbocycles. The second-order valence-corrected chi connectivity index (χ2v) is 5.97. The molecule has 3 nitrogen and oxygen atoms in total. The van der Waals surface area contributed by atoms with E-state index in [1.54, 1.807) is 0 Å². The number of rotatable bonds is 4. The highest BCUT2D eigenvalue weighted by Crippen LogP contribution is 2.57. The molecule has 1 aromatic rings. The maximum Gasteiger partial charge on any atom is 0.0987 e. The van der Waals surface area contributed by atoms with Crippen molar-refractivity contribution in [3.8, 4) is 0 Å². The highest BCUT2D eigenvalue weighted by Gasteiger charge is 2.61. The number of aliphatic hydroxyl groups is 1. The molecule has 2 heterocycles. The van der Waals surface area contributed by atoms with Crippen LogP contribution >= 0.6 is 0 Å². The third-order valence-electron chi connectivity index (χ3n) is 5.27. The third-order valence-corrected chi connectivity index (χ3v) is 5.27. The van der Waals surface area contributed by atoms with Gasteiger partial charge in [0.05, 0.1) is 17.8 Å². The fourth-order valence-electron chi connectivity index (χ4n) is 4.18. The summed E-state index contributed by atoms with van der Waals surface area (Å²) in [5, 5.41) is 11.4. The molecule has 3 heteroatoms. The Labute approximate surface area is 114 Å². The van der Waals surface area contributed by atoms with Gasteiger partial charge in [-0.3, -0.25) is 0 Å². The molecule has 2 fully saturated rings. The van der Waals surface area contributed by atoms with Crippen LogP contribution in [0.3, 0.4) is 0 Å². The summed E-state index contributed by atoms with van der Waals surface area (Å²) < 4.78 is 6.01. The molecule has 2 aliphatic rings. The molecule has 0 spiro atoms. The largest absolute Gasteiger partial charge is 0.384 e. The highest BCUT2D eigenvalue weighted by atomic mass is 16.5. The first-order valence-corrected chi connectivity index (χ1v) is 7.30. The van der Waals surface area contributed by atoms with E-state index in [1.807, 2.05) is 37.3 Å². The summed E-state index contributed by atoms with van der Waals surface area (Å²) in [7, 11) is 0. The van der Waals surface area contributed by atoms with E-state index in [1.165, 1.54) is 0 Å². The van der Waals surface area contributed by atoms with E-state index in [0.29, 0.717) is 13.0 Å². The van der Waals surface area contributed by atoms with Crippen LogP contribution in [0.5, 0.6) is 0 Å². The van der Waals surface area contributed by atoms with Crippen molar-refractivity contribution in [1.82, 2.24) is 0 Å². The van der Waals surface area contributed by atoms with E-state index in [0.717, 1.165) is 24.8 Å². The summed E-state index contributed by atoms with van der Waals surface area (Å²) in [6, 6.07) is 9.95. The monoisotopic (exact) mass is 261 g/mol. The third kappa shape index (κ3) is 1.69. The van der Waals surface area contributed by atoms with E-state index in [4.69, 9.17) is 10.5 Å². The molecule has 0 aromatic heterocycles. The second kappa shape index (κ2) is 4.58. The summed E-state index contributed by atoms with van der Waals surface area (Å²) in [5.74, 6) is 0. The van der Waals surface area contributed by atoms with Crippen LogP contribution in [-0.4, -0.2) is 23.9 Å². The Morgan fingerprint density at radius 2 is 2.11 bits per heavy atom. The second-order valence-electron chi connectivity index (χ2n) is 5.97. The minimum Gasteiger partial charge on any atom is -0.384 e. The lowest BCUT2D eigenvalue weighted by Gasteiger charge is -2.48. The van der Waals surface area contributed by atoms with E-state index in [2.05, 4.69) is 0 Å². The topological polar surface area (TPSA) is 55.5 Å². The fourth-order valence-corrected chi connectivity index (χ4v) is 4.18. The average Bonchev–Trinajstić information content (AvgIpc) is 3.08. The molecular formula is C16H23NO2. The van der Waals surface area contributed by atoms with Crippen LogP contribution in [0.15, 0.2) is 30.3 Å². The zero-order valence-corrected chi connectivity index (χ0v) is 11.5. The molecule has 4 unspecified atom stereocenters. The number of hydrogen-bond donors (Lipinski definition) is 2. The van der Waals surface area contributed by atoms with Gasteiger partial charge < -0.3 is 15.6 Å². The lowest BCUT2D eigenvalue weighted by molar-refractivity contribution is -0.120. The first kappa shape index (κ1) is 13.1. The molecule has 19 heavy (non-hydrogen) atoms. The van der Waals surface area contributed by atoms with Crippen LogP contribution < -0.4 is 5.73 Å². The minimum absolute atomic E-state index is 0.104. The Kier molecular flexibility index (Phi) is 3.16. The molecule has 2 aliphatic heterocycles. The molecule has 2 bridgehead atoms. The van der Waals surface area contributed by atoms with Gasteiger partial charge in [0.1, 0.15) is 0 Å². The maximum absolute atomic E-state index is 11.4. The molecule has 0 amide bonds. The van der Waals surface area contributed by atoms with Gasteiger partial charge in [-0.15, -0.1) is 0 Å². The van der Waals surface area contributed by atoms with Crippen LogP contribution in [0.2, 0.25) is 0 Å². The van der Waals surface area contributed by atoms with Crippen molar-refractivity contribution in [3.63, 3.8) is 0 Å². The van der Waals surface area contributed by atoms with Gasteiger partial charge in [-0.2, -0.15) is 0 Å². The SMILES string of the molecule is CCC(O)(c1ccccc1)C1(CN)CC2CCC1O2. The minimum atomic E-state index is -0.886. The summed E-state index contributed by atoms with van der Waals surface area (Å²) in [6.07, 6.45) is 4.08. The predicted molar refractivity (Wildman–Crippen MR) is 74.6 cm³/mol. The van der Waals surface area contributed by atoms with Crippen molar-refractivity contribution in [2.75, 3.05) is 6.54 Å². The van der Waals surface area contributed by atoms with Crippen molar-refractivity contribution in [1.29, 1.82) is 0 Å². The van der Waals surface area contributed by atoms with E-state index >= 15 is 0 Å². The maximum atomic E-state index is 11.4. The molecule has 0 aliphatic carbocycles. The van der Waals surface area contributed by atoms with Gasteiger partial charge in [-0.1, -0.05) is 37.3 Å². The lowest BCUT2D eigenvalue weighted by Crippen LogP contribution is -2.55. The van der Waals surface area contributed by atoms with Crippen LogP contribution in [-0.2, 0) is 10.3 Å². The van der Waals surface area contributed by atoms with Gasteiger partial charge in [0.15, 0.2) is 0 Å². The van der Waals surface area contributed by atoms with Gasteiger partial charge >= 0.3 is 0 Å². The zero-order chi connectivity index (χ0) is 13.5. The van der Waals surface area contributed by atoms with E-state index in [-0.39, 0.29) is 17.6 Å². The quantitative estimate of drug-likeness (QED) is 0.873. The van der Waals surface area contributed by atoms with Gasteiger partial charge in [-0.05, 0) is 31.2 Å². The molecule has 3 N–H and O–H groups in total. The van der Waals surface area contributed by atoms with Crippen LogP contribution in [0.25, 0.3) is 0 Å². The predicted octanol–water partition coefficient (Wildman–Crippen LogP) is 2.18. The molecule has 2 saturated heterocycles. The van der Waals surface area contributed by atoms with Gasteiger partial charge in [0.25, 0.3) is 0 Å². The number of hydrogen-bond acceptors (Lipinski definition) is 3. The van der Waals surface area contributed by atoms with Crippen molar-refractivity contribution in [3.05, 3.63) is 35.9 Å². The van der Waals surface area contributed by atoms with Crippen molar-refractivity contribution < 1.29 is 9.84 Å². The van der Waals surface area contributed by atoms with Crippen LogP contribution in [0.1, 0.15) is 38.2 Å². The summed E-state index contributed by atoms with van der Waals surface area (Å²) in [4.78, 5) is 0. The first-order valence-electron chi connectivity index (χ1n) is 7.30. The number of fused-ring (bicyclic) bond motifs is 2. The van der Waals surface area contributed by atoms with Gasteiger partial charge in [-0.25, -0.2) is 0 Å². The highest BCUT2D eigenvalue weighted by molar-refractivity contribution is 5.28. The van der Waals surface area contributed by atoms with Gasteiger partial charge in [0.2, 0.25) is 0 Å². The molecule has 4 atom stereocenters. The zero-order valence-electron chi connectivity index (χ0n) is 11.5. The Morgan fingerprint density at radius 1 is 1.37 bits per heavy atom. The van der Waals surface area contributed by atoms with Crippen molar-refractivity contribution >= 4 is 0 Å². The summed E-state index contributed by atoms with van der Waals surface area (Å²) in [6.45, 7) is 2.52. The lowest BCUT2D eigenvalue weighted by atomic mass is 9.59. The number of benzene rings is 1. The standard InChI is InChI=1S/C16H23NO2/c1-2-16(18,12-6-4-3-5-7-12)15(11-17)10-13-8-9-14(15)19-13/h3-7,13-14,18H,2,8-11,17H2,1H3. The Bertz CT molecular complexity index is 449. The average molecular weight is 261 g/mol. The van der Waals surface area contributed by atoms with E-state index < -0.39 is 5.60 Å². The Hall–Kier alpha value is -0.900. The molecule has 0 saturated carbocycles. The summed E-state index contributed by atoms with van der Waals surface area (Å²) >= 11 is 0. The molecule has 3 rings (SSSR count). The molecule has 104 valence electrons. The number of nitrogens with two attached hydrogens (primary N) is 1. The Morgan fingerprint density at radius 3 is 2.58 bits per heavy atom. The first-order chi connectivity index (χ1) is 9.16. The van der Waals surface area contributed by atoms with Crippen LogP contribution in [0, 0.1) is 5.41 Å². The molecule has 0 radical (unpaired) electrons. The summed E-state index contributed by atoms with van der Waals surface area (Å²) in [5.41, 5.74) is 5.87. The van der Waals surface area contributed by atoms with E-state index in [9.17, 15) is 5.11 Å². The van der Waals surface area contributed by atoms with Crippen LogP contribution in [0.4, 0.5) is 0 Å². The van der Waals surface area contributed by atoms with Gasteiger partial charge in [0, 0.05) is 12.0 Å². The Balaban J connectivity index is 2.05. The van der Waals surface area contributed by atoms with Crippen molar-refractivity contribution in [2.45, 2.75) is 50.4 Å². The van der Waals surface area contributed by atoms with Crippen molar-refractivity contribution in [2.24, 2.45) is 11.1 Å².